The van der Waals surface area contributed by atoms with E-state index in [1.807, 2.05) is 31.2 Å². The number of aryl methyl sites for hydroxylation is 1. The maximum atomic E-state index is 7.41. The Labute approximate surface area is 102 Å². The van der Waals surface area contributed by atoms with Crippen molar-refractivity contribution in [3.63, 3.8) is 0 Å². The molecule has 2 rings (SSSR count). The SMILES string of the molecule is Cc1nc(-c2ccc(Cl)cc2)sc1C(=N)N. The number of thiazole rings is 1. The molecule has 0 spiro atoms. The monoisotopic (exact) mass is 251 g/mol. The Kier molecular flexibility index (Phi) is 2.94. The molecule has 1 heterocycles. The van der Waals surface area contributed by atoms with Gasteiger partial charge in [-0.2, -0.15) is 0 Å². The number of aromatic nitrogens is 1. The first-order valence-corrected chi connectivity index (χ1v) is 5.85. The van der Waals surface area contributed by atoms with Crippen molar-refractivity contribution in [1.82, 2.24) is 4.98 Å². The van der Waals surface area contributed by atoms with Crippen molar-refractivity contribution >= 4 is 28.8 Å². The van der Waals surface area contributed by atoms with Crippen molar-refractivity contribution in [1.29, 1.82) is 5.41 Å². The van der Waals surface area contributed by atoms with E-state index >= 15 is 0 Å². The first-order valence-electron chi connectivity index (χ1n) is 4.65. The normalized spacial score (nSPS) is 10.4. The van der Waals surface area contributed by atoms with E-state index in [2.05, 4.69) is 4.98 Å². The minimum atomic E-state index is 0.0650. The zero-order valence-electron chi connectivity index (χ0n) is 8.62. The zero-order chi connectivity index (χ0) is 11.7. The second-order valence-electron chi connectivity index (χ2n) is 3.35. The van der Waals surface area contributed by atoms with E-state index in [9.17, 15) is 0 Å². The molecule has 0 saturated carbocycles. The molecule has 0 fully saturated rings. The highest BCUT2D eigenvalue weighted by Gasteiger charge is 2.11. The van der Waals surface area contributed by atoms with E-state index in [4.69, 9.17) is 22.7 Å². The highest BCUT2D eigenvalue weighted by molar-refractivity contribution is 7.17. The summed E-state index contributed by atoms with van der Waals surface area (Å²) in [6, 6.07) is 7.46. The molecule has 0 amide bonds. The quantitative estimate of drug-likeness (QED) is 0.637. The number of rotatable bonds is 2. The van der Waals surface area contributed by atoms with Crippen LogP contribution in [0.2, 0.25) is 5.02 Å². The Morgan fingerprint density at radius 2 is 2.00 bits per heavy atom. The number of nitrogens with two attached hydrogens (primary N) is 1. The maximum Gasteiger partial charge on any atom is 0.135 e. The Morgan fingerprint density at radius 1 is 1.38 bits per heavy atom. The van der Waals surface area contributed by atoms with Crippen LogP contribution in [0, 0.1) is 12.3 Å². The van der Waals surface area contributed by atoms with Gasteiger partial charge in [-0.3, -0.25) is 5.41 Å². The second-order valence-corrected chi connectivity index (χ2v) is 4.79. The summed E-state index contributed by atoms with van der Waals surface area (Å²) in [5.41, 5.74) is 7.25. The van der Waals surface area contributed by atoms with Gasteiger partial charge in [0.2, 0.25) is 0 Å². The average Bonchev–Trinajstić information content (AvgIpc) is 2.61. The Bertz CT molecular complexity index is 531. The third kappa shape index (κ3) is 2.08. The van der Waals surface area contributed by atoms with Crippen LogP contribution in [0.3, 0.4) is 0 Å². The highest BCUT2D eigenvalue weighted by Crippen LogP contribution is 2.28. The number of nitrogens with zero attached hydrogens (tertiary/aromatic N) is 1. The van der Waals surface area contributed by atoms with Crippen LogP contribution in [0.5, 0.6) is 0 Å². The average molecular weight is 252 g/mol. The van der Waals surface area contributed by atoms with Gasteiger partial charge in [-0.05, 0) is 19.1 Å². The molecule has 1 aromatic carbocycles. The molecule has 0 aliphatic rings. The minimum Gasteiger partial charge on any atom is -0.383 e. The van der Waals surface area contributed by atoms with Crippen molar-refractivity contribution in [3.8, 4) is 10.6 Å². The van der Waals surface area contributed by atoms with E-state index < -0.39 is 0 Å². The van der Waals surface area contributed by atoms with Crippen LogP contribution in [0.1, 0.15) is 10.6 Å². The molecule has 3 N–H and O–H groups in total. The number of hydrogen-bond acceptors (Lipinski definition) is 3. The number of nitrogens with one attached hydrogen (secondary N) is 1. The van der Waals surface area contributed by atoms with Gasteiger partial charge >= 0.3 is 0 Å². The van der Waals surface area contributed by atoms with E-state index in [-0.39, 0.29) is 5.84 Å². The van der Waals surface area contributed by atoms with Crippen LogP contribution in [-0.2, 0) is 0 Å². The third-order valence-corrected chi connectivity index (χ3v) is 3.62. The molecule has 3 nitrogen and oxygen atoms in total. The van der Waals surface area contributed by atoms with Gasteiger partial charge in [0.25, 0.3) is 0 Å². The van der Waals surface area contributed by atoms with Crippen LogP contribution in [0.25, 0.3) is 10.6 Å². The fraction of sp³-hybridized carbons (Fsp3) is 0.0909. The highest BCUT2D eigenvalue weighted by atomic mass is 35.5. The fourth-order valence-corrected chi connectivity index (χ4v) is 2.42. The summed E-state index contributed by atoms with van der Waals surface area (Å²) < 4.78 is 0. The van der Waals surface area contributed by atoms with Crippen LogP contribution >= 0.6 is 22.9 Å². The van der Waals surface area contributed by atoms with Gasteiger partial charge in [-0.15, -0.1) is 11.3 Å². The van der Waals surface area contributed by atoms with Crippen LogP contribution in [0.15, 0.2) is 24.3 Å². The number of hydrogen-bond donors (Lipinski definition) is 2. The molecule has 0 aliphatic carbocycles. The van der Waals surface area contributed by atoms with Crippen molar-refractivity contribution in [2.24, 2.45) is 5.73 Å². The number of nitrogen functional groups attached to an aromatic ring is 1. The standard InChI is InChI=1S/C11H10ClN3S/c1-6-9(10(13)14)16-11(15-6)7-2-4-8(12)5-3-7/h2-5H,1H3,(H3,13,14). The van der Waals surface area contributed by atoms with Crippen molar-refractivity contribution in [2.45, 2.75) is 6.92 Å². The van der Waals surface area contributed by atoms with Crippen molar-refractivity contribution < 1.29 is 0 Å². The summed E-state index contributed by atoms with van der Waals surface area (Å²) in [6.07, 6.45) is 0. The smallest absolute Gasteiger partial charge is 0.135 e. The summed E-state index contributed by atoms with van der Waals surface area (Å²) in [7, 11) is 0. The topological polar surface area (TPSA) is 62.8 Å². The Hall–Kier alpha value is -1.39. The number of benzene rings is 1. The lowest BCUT2D eigenvalue weighted by molar-refractivity contribution is 1.25. The predicted molar refractivity (Wildman–Crippen MR) is 68.3 cm³/mol. The molecule has 0 radical (unpaired) electrons. The molecule has 0 bridgehead atoms. The molecule has 0 aliphatic heterocycles. The molecule has 0 unspecified atom stereocenters. The molecular weight excluding hydrogens is 242 g/mol. The van der Waals surface area contributed by atoms with Crippen molar-refractivity contribution in [2.75, 3.05) is 0 Å². The lowest BCUT2D eigenvalue weighted by Gasteiger charge is -1.95. The minimum absolute atomic E-state index is 0.0650. The van der Waals surface area contributed by atoms with E-state index in [1.54, 1.807) is 0 Å². The zero-order valence-corrected chi connectivity index (χ0v) is 10.2. The molecule has 0 saturated heterocycles. The van der Waals surface area contributed by atoms with E-state index in [1.165, 1.54) is 11.3 Å². The Morgan fingerprint density at radius 3 is 2.50 bits per heavy atom. The lowest BCUT2D eigenvalue weighted by Crippen LogP contribution is -2.10. The molecule has 16 heavy (non-hydrogen) atoms. The lowest BCUT2D eigenvalue weighted by atomic mass is 10.2. The van der Waals surface area contributed by atoms with Crippen LogP contribution in [-0.4, -0.2) is 10.8 Å². The van der Waals surface area contributed by atoms with Gasteiger partial charge in [0, 0.05) is 10.6 Å². The number of halogens is 1. The molecule has 5 heteroatoms. The van der Waals surface area contributed by atoms with Gasteiger partial charge in [0.1, 0.15) is 10.8 Å². The summed E-state index contributed by atoms with van der Waals surface area (Å²) >= 11 is 7.24. The van der Waals surface area contributed by atoms with Gasteiger partial charge in [-0.1, -0.05) is 23.7 Å². The first-order chi connectivity index (χ1) is 7.58. The van der Waals surface area contributed by atoms with E-state index in [0.29, 0.717) is 5.02 Å². The summed E-state index contributed by atoms with van der Waals surface area (Å²) in [6.45, 7) is 1.85. The largest absolute Gasteiger partial charge is 0.383 e. The maximum absolute atomic E-state index is 7.41. The van der Waals surface area contributed by atoms with Gasteiger partial charge < -0.3 is 5.73 Å². The van der Waals surface area contributed by atoms with Gasteiger partial charge in [0.15, 0.2) is 0 Å². The molecular formula is C11H10ClN3S. The van der Waals surface area contributed by atoms with Crippen LogP contribution < -0.4 is 5.73 Å². The molecule has 2 aromatic rings. The summed E-state index contributed by atoms with van der Waals surface area (Å²) in [5, 5.41) is 8.97. The molecule has 1 aromatic heterocycles. The van der Waals surface area contributed by atoms with Crippen LogP contribution in [0.4, 0.5) is 0 Å². The van der Waals surface area contributed by atoms with Gasteiger partial charge in [0.05, 0.1) is 10.6 Å². The summed E-state index contributed by atoms with van der Waals surface area (Å²) in [4.78, 5) is 5.11. The molecule has 82 valence electrons. The first kappa shape index (κ1) is 11.1. The Balaban J connectivity index is 2.45. The third-order valence-electron chi connectivity index (χ3n) is 2.13. The van der Waals surface area contributed by atoms with Crippen molar-refractivity contribution in [3.05, 3.63) is 39.9 Å². The fourth-order valence-electron chi connectivity index (χ4n) is 1.36. The van der Waals surface area contributed by atoms with E-state index in [0.717, 1.165) is 21.1 Å². The second kappa shape index (κ2) is 4.23. The van der Waals surface area contributed by atoms with Gasteiger partial charge in [-0.25, -0.2) is 4.98 Å². The predicted octanol–water partition coefficient (Wildman–Crippen LogP) is 3.06. The summed E-state index contributed by atoms with van der Waals surface area (Å²) in [5.74, 6) is 0.0650. The molecule has 0 atom stereocenters. The number of amidine groups is 1.